The van der Waals surface area contributed by atoms with Crippen LogP contribution in [-0.4, -0.2) is 23.7 Å². The van der Waals surface area contributed by atoms with Crippen LogP contribution in [0.1, 0.15) is 36.0 Å². The Bertz CT molecular complexity index is 337. The van der Waals surface area contributed by atoms with E-state index in [1.165, 1.54) is 11.3 Å². The lowest BCUT2D eigenvalue weighted by atomic mass is 9.87. The standard InChI is InChI=1S/C12H17NO2S/c14-11-3-1-2-9(6-11)7-13-12(15)10-4-5-16-8-10/h4-5,8-9,11,14H,1-3,6-7H2,(H,13,15). The highest BCUT2D eigenvalue weighted by atomic mass is 32.1. The molecule has 16 heavy (non-hydrogen) atoms. The van der Waals surface area contributed by atoms with Crippen molar-refractivity contribution in [3.8, 4) is 0 Å². The van der Waals surface area contributed by atoms with Crippen molar-refractivity contribution in [2.75, 3.05) is 6.54 Å². The number of rotatable bonds is 3. The van der Waals surface area contributed by atoms with Gasteiger partial charge < -0.3 is 10.4 Å². The van der Waals surface area contributed by atoms with Crippen LogP contribution in [0.25, 0.3) is 0 Å². The van der Waals surface area contributed by atoms with Gasteiger partial charge in [-0.1, -0.05) is 6.42 Å². The molecule has 0 radical (unpaired) electrons. The highest BCUT2D eigenvalue weighted by Gasteiger charge is 2.20. The van der Waals surface area contributed by atoms with Crippen molar-refractivity contribution in [2.45, 2.75) is 31.8 Å². The molecular weight excluding hydrogens is 222 g/mol. The fourth-order valence-corrected chi connectivity index (χ4v) is 2.82. The van der Waals surface area contributed by atoms with E-state index in [9.17, 15) is 9.90 Å². The van der Waals surface area contributed by atoms with Crippen molar-refractivity contribution in [3.05, 3.63) is 22.4 Å². The van der Waals surface area contributed by atoms with E-state index in [0.29, 0.717) is 12.5 Å². The molecule has 1 aliphatic carbocycles. The molecule has 2 atom stereocenters. The van der Waals surface area contributed by atoms with Gasteiger partial charge in [0.25, 0.3) is 5.91 Å². The minimum atomic E-state index is -0.170. The second-order valence-corrected chi connectivity index (χ2v) is 5.19. The fourth-order valence-electron chi connectivity index (χ4n) is 2.18. The van der Waals surface area contributed by atoms with Crippen LogP contribution in [0.2, 0.25) is 0 Å². The lowest BCUT2D eigenvalue weighted by molar-refractivity contribution is 0.0874. The summed E-state index contributed by atoms with van der Waals surface area (Å²) in [4.78, 5) is 11.7. The Balaban J connectivity index is 1.77. The number of carbonyl (C=O) groups is 1. The molecule has 1 aromatic heterocycles. The molecule has 1 aliphatic rings. The molecular formula is C12H17NO2S. The summed E-state index contributed by atoms with van der Waals surface area (Å²) in [6, 6.07) is 1.83. The predicted molar refractivity (Wildman–Crippen MR) is 64.6 cm³/mol. The number of thiophene rings is 1. The zero-order valence-corrected chi connectivity index (χ0v) is 10.0. The zero-order valence-electron chi connectivity index (χ0n) is 9.19. The number of aliphatic hydroxyl groups is 1. The highest BCUT2D eigenvalue weighted by molar-refractivity contribution is 7.08. The van der Waals surface area contributed by atoms with Gasteiger partial charge in [0.05, 0.1) is 6.10 Å². The number of nitrogens with one attached hydrogen (secondary N) is 1. The summed E-state index contributed by atoms with van der Waals surface area (Å²) in [5, 5.41) is 16.2. The van der Waals surface area contributed by atoms with Crippen LogP contribution >= 0.6 is 11.3 Å². The first kappa shape index (κ1) is 11.6. The van der Waals surface area contributed by atoms with Gasteiger partial charge in [-0.25, -0.2) is 0 Å². The minimum absolute atomic E-state index is 0.00122. The van der Waals surface area contributed by atoms with Crippen LogP contribution in [-0.2, 0) is 0 Å². The molecule has 0 saturated heterocycles. The van der Waals surface area contributed by atoms with E-state index in [4.69, 9.17) is 0 Å². The van der Waals surface area contributed by atoms with E-state index in [2.05, 4.69) is 5.32 Å². The van der Waals surface area contributed by atoms with E-state index < -0.39 is 0 Å². The minimum Gasteiger partial charge on any atom is -0.393 e. The normalized spacial score (nSPS) is 25.3. The van der Waals surface area contributed by atoms with Gasteiger partial charge in [0.15, 0.2) is 0 Å². The average molecular weight is 239 g/mol. The van der Waals surface area contributed by atoms with Gasteiger partial charge in [0.2, 0.25) is 0 Å². The van der Waals surface area contributed by atoms with Crippen molar-refractivity contribution in [2.24, 2.45) is 5.92 Å². The Morgan fingerprint density at radius 1 is 1.56 bits per heavy atom. The molecule has 1 aromatic rings. The molecule has 1 amide bonds. The van der Waals surface area contributed by atoms with E-state index >= 15 is 0 Å². The van der Waals surface area contributed by atoms with Crippen LogP contribution < -0.4 is 5.32 Å². The van der Waals surface area contributed by atoms with E-state index in [1.807, 2.05) is 16.8 Å². The molecule has 0 aromatic carbocycles. The van der Waals surface area contributed by atoms with Gasteiger partial charge in [-0.05, 0) is 36.6 Å². The van der Waals surface area contributed by atoms with E-state index in [0.717, 1.165) is 31.2 Å². The van der Waals surface area contributed by atoms with Crippen molar-refractivity contribution in [3.63, 3.8) is 0 Å². The summed E-state index contributed by atoms with van der Waals surface area (Å²) in [5.74, 6) is 0.438. The summed E-state index contributed by atoms with van der Waals surface area (Å²) >= 11 is 1.53. The lowest BCUT2D eigenvalue weighted by Gasteiger charge is -2.25. The van der Waals surface area contributed by atoms with Crippen molar-refractivity contribution >= 4 is 17.2 Å². The fraction of sp³-hybridized carbons (Fsp3) is 0.583. The monoisotopic (exact) mass is 239 g/mol. The summed E-state index contributed by atoms with van der Waals surface area (Å²) in [5.41, 5.74) is 0.737. The Morgan fingerprint density at radius 3 is 3.12 bits per heavy atom. The van der Waals surface area contributed by atoms with Gasteiger partial charge in [-0.15, -0.1) is 0 Å². The Morgan fingerprint density at radius 2 is 2.44 bits per heavy atom. The highest BCUT2D eigenvalue weighted by Crippen LogP contribution is 2.23. The summed E-state index contributed by atoms with van der Waals surface area (Å²) in [7, 11) is 0. The van der Waals surface area contributed by atoms with Gasteiger partial charge in [-0.3, -0.25) is 4.79 Å². The zero-order chi connectivity index (χ0) is 11.4. The predicted octanol–water partition coefficient (Wildman–Crippen LogP) is 2.03. The van der Waals surface area contributed by atoms with E-state index in [1.54, 1.807) is 0 Å². The first-order valence-electron chi connectivity index (χ1n) is 5.74. The maximum atomic E-state index is 11.7. The summed E-state index contributed by atoms with van der Waals surface area (Å²) in [6.07, 6.45) is 3.75. The third-order valence-electron chi connectivity index (χ3n) is 3.09. The summed E-state index contributed by atoms with van der Waals surface area (Å²) in [6.45, 7) is 0.686. The SMILES string of the molecule is O=C(NCC1CCCC(O)C1)c1ccsc1. The number of hydrogen-bond acceptors (Lipinski definition) is 3. The van der Waals surface area contributed by atoms with Crippen molar-refractivity contribution < 1.29 is 9.90 Å². The topological polar surface area (TPSA) is 49.3 Å². The number of aliphatic hydroxyl groups excluding tert-OH is 1. The van der Waals surface area contributed by atoms with E-state index in [-0.39, 0.29) is 12.0 Å². The molecule has 1 heterocycles. The first-order chi connectivity index (χ1) is 7.75. The smallest absolute Gasteiger partial charge is 0.252 e. The quantitative estimate of drug-likeness (QED) is 0.848. The maximum absolute atomic E-state index is 11.7. The number of hydrogen-bond donors (Lipinski definition) is 2. The van der Waals surface area contributed by atoms with Crippen LogP contribution in [0.3, 0.4) is 0 Å². The van der Waals surface area contributed by atoms with Gasteiger partial charge in [0, 0.05) is 17.5 Å². The third-order valence-corrected chi connectivity index (χ3v) is 3.77. The molecule has 0 bridgehead atoms. The number of amides is 1. The van der Waals surface area contributed by atoms with Crippen LogP contribution in [0.15, 0.2) is 16.8 Å². The van der Waals surface area contributed by atoms with Gasteiger partial charge in [-0.2, -0.15) is 11.3 Å². The second-order valence-electron chi connectivity index (χ2n) is 4.41. The Labute approximate surface area is 99.5 Å². The molecule has 2 rings (SSSR count). The second kappa shape index (κ2) is 5.46. The van der Waals surface area contributed by atoms with Crippen LogP contribution in [0.5, 0.6) is 0 Å². The number of carbonyl (C=O) groups excluding carboxylic acids is 1. The molecule has 0 spiro atoms. The molecule has 2 unspecified atom stereocenters. The summed E-state index contributed by atoms with van der Waals surface area (Å²) < 4.78 is 0. The van der Waals surface area contributed by atoms with Crippen LogP contribution in [0, 0.1) is 5.92 Å². The Kier molecular flexibility index (Phi) is 3.96. The third kappa shape index (κ3) is 3.06. The first-order valence-corrected chi connectivity index (χ1v) is 6.68. The molecule has 1 saturated carbocycles. The average Bonchev–Trinajstić information content (AvgIpc) is 2.79. The maximum Gasteiger partial charge on any atom is 0.252 e. The largest absolute Gasteiger partial charge is 0.393 e. The molecule has 0 aliphatic heterocycles. The van der Waals surface area contributed by atoms with Crippen molar-refractivity contribution in [1.29, 1.82) is 0 Å². The molecule has 3 nitrogen and oxygen atoms in total. The molecule has 4 heteroatoms. The molecule has 2 N–H and O–H groups in total. The Hall–Kier alpha value is -0.870. The van der Waals surface area contributed by atoms with Gasteiger partial charge in [0.1, 0.15) is 0 Å². The molecule has 88 valence electrons. The molecule has 1 fully saturated rings. The van der Waals surface area contributed by atoms with Crippen molar-refractivity contribution in [1.82, 2.24) is 5.32 Å². The van der Waals surface area contributed by atoms with Crippen LogP contribution in [0.4, 0.5) is 0 Å². The van der Waals surface area contributed by atoms with Gasteiger partial charge >= 0.3 is 0 Å². The lowest BCUT2D eigenvalue weighted by Crippen LogP contribution is -2.32.